The van der Waals surface area contributed by atoms with Gasteiger partial charge in [0, 0.05) is 15.8 Å². The van der Waals surface area contributed by atoms with Crippen molar-refractivity contribution in [3.8, 4) is 0 Å². The van der Waals surface area contributed by atoms with Crippen LogP contribution in [0.4, 0.5) is 0 Å². The molecule has 0 spiro atoms. The van der Waals surface area contributed by atoms with Gasteiger partial charge in [-0.15, -0.1) is 23.1 Å². The van der Waals surface area contributed by atoms with Crippen LogP contribution in [0.15, 0.2) is 29.2 Å². The molecule has 1 aromatic carbocycles. The average molecular weight is 307 g/mol. The van der Waals surface area contributed by atoms with Crippen molar-refractivity contribution < 1.29 is 0 Å². The summed E-state index contributed by atoms with van der Waals surface area (Å²) in [6, 6.07) is 9.09. The smallest absolute Gasteiger partial charge is 0.103 e. The first kappa shape index (κ1) is 15.5. The lowest BCUT2D eigenvalue weighted by Gasteiger charge is -2.09. The number of thioether (sulfide) groups is 1. The Bertz CT molecular complexity index is 546. The van der Waals surface area contributed by atoms with Gasteiger partial charge in [-0.25, -0.2) is 4.98 Å². The number of benzene rings is 1. The summed E-state index contributed by atoms with van der Waals surface area (Å²) in [5.41, 5.74) is 2.48. The average Bonchev–Trinajstić information content (AvgIpc) is 2.80. The zero-order valence-electron chi connectivity index (χ0n) is 12.6. The van der Waals surface area contributed by atoms with Crippen LogP contribution in [0.3, 0.4) is 0 Å². The molecule has 1 aromatic heterocycles. The van der Waals surface area contributed by atoms with E-state index in [1.807, 2.05) is 23.1 Å². The van der Waals surface area contributed by atoms with Crippen LogP contribution in [-0.4, -0.2) is 11.5 Å². The molecule has 0 amide bonds. The molecule has 0 fully saturated rings. The number of thiazole rings is 1. The van der Waals surface area contributed by atoms with E-state index in [0.29, 0.717) is 6.04 Å². The van der Waals surface area contributed by atoms with Gasteiger partial charge in [0.25, 0.3) is 0 Å². The summed E-state index contributed by atoms with van der Waals surface area (Å²) in [5, 5.41) is 4.68. The predicted octanol–water partition coefficient (Wildman–Crippen LogP) is 4.72. The Balaban J connectivity index is 2.00. The second-order valence-electron chi connectivity index (χ2n) is 4.94. The third kappa shape index (κ3) is 4.08. The lowest BCUT2D eigenvalue weighted by Crippen LogP contribution is -2.17. The second-order valence-corrected chi connectivity index (χ2v) is 7.10. The molecule has 20 heavy (non-hydrogen) atoms. The van der Waals surface area contributed by atoms with Crippen molar-refractivity contribution in [3.63, 3.8) is 0 Å². The maximum atomic E-state index is 4.70. The molecule has 0 aliphatic heterocycles. The number of rotatable bonds is 6. The first-order valence-electron chi connectivity index (χ1n) is 6.99. The number of nitrogens with one attached hydrogen (secondary N) is 1. The first-order chi connectivity index (χ1) is 9.60. The van der Waals surface area contributed by atoms with Gasteiger partial charge in [0.2, 0.25) is 0 Å². The van der Waals surface area contributed by atoms with Gasteiger partial charge in [-0.1, -0.05) is 24.6 Å². The summed E-state index contributed by atoms with van der Waals surface area (Å²) in [7, 11) is 0. The van der Waals surface area contributed by atoms with Crippen molar-refractivity contribution in [1.82, 2.24) is 10.3 Å². The molecule has 1 N–H and O–H groups in total. The predicted molar refractivity (Wildman–Crippen MR) is 89.7 cm³/mol. The molecule has 0 aliphatic rings. The maximum Gasteiger partial charge on any atom is 0.103 e. The van der Waals surface area contributed by atoms with Gasteiger partial charge in [-0.05, 0) is 39.4 Å². The summed E-state index contributed by atoms with van der Waals surface area (Å²) in [6.07, 6.45) is 0. The highest BCUT2D eigenvalue weighted by atomic mass is 32.2. The minimum absolute atomic E-state index is 0.399. The molecule has 1 unspecified atom stereocenters. The molecule has 0 radical (unpaired) electrons. The molecule has 2 nitrogen and oxygen atoms in total. The first-order valence-corrected chi connectivity index (χ1v) is 8.79. The van der Waals surface area contributed by atoms with Gasteiger partial charge in [0.1, 0.15) is 5.01 Å². The van der Waals surface area contributed by atoms with Gasteiger partial charge in [0.05, 0.1) is 11.4 Å². The molecule has 108 valence electrons. The Morgan fingerprint density at radius 1 is 1.25 bits per heavy atom. The lowest BCUT2D eigenvalue weighted by atomic mass is 10.2. The third-order valence-electron chi connectivity index (χ3n) is 3.16. The van der Waals surface area contributed by atoms with E-state index in [2.05, 4.69) is 57.3 Å². The fourth-order valence-corrected chi connectivity index (χ4v) is 4.09. The molecule has 2 rings (SSSR count). The Morgan fingerprint density at radius 3 is 2.60 bits per heavy atom. The largest absolute Gasteiger partial charge is 0.310 e. The number of aromatic nitrogens is 1. The maximum absolute atomic E-state index is 4.70. The quantitative estimate of drug-likeness (QED) is 0.781. The van der Waals surface area contributed by atoms with E-state index in [4.69, 9.17) is 4.98 Å². The van der Waals surface area contributed by atoms with Crippen LogP contribution < -0.4 is 5.32 Å². The monoisotopic (exact) mass is 306 g/mol. The van der Waals surface area contributed by atoms with Crippen LogP contribution in [0.1, 0.15) is 41.0 Å². The molecular weight excluding hydrogens is 284 g/mol. The van der Waals surface area contributed by atoms with Gasteiger partial charge in [0.15, 0.2) is 0 Å². The van der Waals surface area contributed by atoms with E-state index >= 15 is 0 Å². The SMILES string of the molecule is CCNC(C)c1sc(CSc2ccc(C)cc2)nc1C. The molecule has 1 heterocycles. The zero-order chi connectivity index (χ0) is 14.5. The number of hydrogen-bond acceptors (Lipinski definition) is 4. The van der Waals surface area contributed by atoms with Crippen LogP contribution >= 0.6 is 23.1 Å². The normalized spacial score (nSPS) is 12.6. The summed E-state index contributed by atoms with van der Waals surface area (Å²) in [6.45, 7) is 9.57. The Labute approximate surface area is 130 Å². The van der Waals surface area contributed by atoms with Crippen molar-refractivity contribution >= 4 is 23.1 Å². The van der Waals surface area contributed by atoms with E-state index in [1.165, 1.54) is 26.0 Å². The summed E-state index contributed by atoms with van der Waals surface area (Å²) < 4.78 is 0. The molecule has 0 saturated carbocycles. The van der Waals surface area contributed by atoms with E-state index in [9.17, 15) is 0 Å². The number of aryl methyl sites for hydroxylation is 2. The van der Waals surface area contributed by atoms with E-state index in [-0.39, 0.29) is 0 Å². The van der Waals surface area contributed by atoms with E-state index in [1.54, 1.807) is 0 Å². The molecule has 1 atom stereocenters. The minimum atomic E-state index is 0.399. The highest BCUT2D eigenvalue weighted by molar-refractivity contribution is 7.98. The summed E-state index contributed by atoms with van der Waals surface area (Å²) in [5.74, 6) is 0.952. The topological polar surface area (TPSA) is 24.9 Å². The van der Waals surface area contributed by atoms with Crippen molar-refractivity contribution in [2.75, 3.05) is 6.54 Å². The van der Waals surface area contributed by atoms with Gasteiger partial charge in [-0.2, -0.15) is 0 Å². The van der Waals surface area contributed by atoms with Crippen LogP contribution in [0.5, 0.6) is 0 Å². The zero-order valence-corrected chi connectivity index (χ0v) is 14.2. The van der Waals surface area contributed by atoms with E-state index < -0.39 is 0 Å². The van der Waals surface area contributed by atoms with Crippen LogP contribution in [0, 0.1) is 13.8 Å². The standard InChI is InChI=1S/C16H22N2S2/c1-5-17-12(3)16-13(4)18-15(20-16)10-19-14-8-6-11(2)7-9-14/h6-9,12,17H,5,10H2,1-4H3. The summed E-state index contributed by atoms with van der Waals surface area (Å²) in [4.78, 5) is 7.38. The summed E-state index contributed by atoms with van der Waals surface area (Å²) >= 11 is 3.69. The molecule has 0 saturated heterocycles. The molecule has 0 aliphatic carbocycles. The number of hydrogen-bond donors (Lipinski definition) is 1. The highest BCUT2D eigenvalue weighted by Gasteiger charge is 2.13. The lowest BCUT2D eigenvalue weighted by molar-refractivity contribution is 0.603. The van der Waals surface area contributed by atoms with Crippen LogP contribution in [0.25, 0.3) is 0 Å². The minimum Gasteiger partial charge on any atom is -0.310 e. The second kappa shape index (κ2) is 7.25. The van der Waals surface area contributed by atoms with Crippen molar-refractivity contribution in [1.29, 1.82) is 0 Å². The highest BCUT2D eigenvalue weighted by Crippen LogP contribution is 2.30. The van der Waals surface area contributed by atoms with E-state index in [0.717, 1.165) is 12.3 Å². The third-order valence-corrected chi connectivity index (χ3v) is 5.71. The fraction of sp³-hybridized carbons (Fsp3) is 0.438. The number of nitrogens with zero attached hydrogens (tertiary/aromatic N) is 1. The van der Waals surface area contributed by atoms with Crippen LogP contribution in [0.2, 0.25) is 0 Å². The molecule has 0 bridgehead atoms. The van der Waals surface area contributed by atoms with Gasteiger partial charge in [-0.3, -0.25) is 0 Å². The molecule has 4 heteroatoms. The Hall–Kier alpha value is -0.840. The van der Waals surface area contributed by atoms with Crippen molar-refractivity contribution in [3.05, 3.63) is 45.4 Å². The van der Waals surface area contributed by atoms with Gasteiger partial charge < -0.3 is 5.32 Å². The van der Waals surface area contributed by atoms with Gasteiger partial charge >= 0.3 is 0 Å². The molecular formula is C16H22N2S2. The van der Waals surface area contributed by atoms with Crippen molar-refractivity contribution in [2.24, 2.45) is 0 Å². The fourth-order valence-electron chi connectivity index (χ4n) is 2.11. The Morgan fingerprint density at radius 2 is 1.95 bits per heavy atom. The van der Waals surface area contributed by atoms with Crippen LogP contribution in [-0.2, 0) is 5.75 Å². The molecule has 2 aromatic rings. The Kier molecular flexibility index (Phi) is 5.64. The van der Waals surface area contributed by atoms with Crippen molar-refractivity contribution in [2.45, 2.75) is 44.4 Å².